The zero-order valence-electron chi connectivity index (χ0n) is 5.58. The highest BCUT2D eigenvalue weighted by Gasteiger charge is 1.94. The normalized spacial score (nSPS) is 8.50. The van der Waals surface area contributed by atoms with Crippen LogP contribution in [0.4, 0.5) is 0 Å². The topological polar surface area (TPSA) is 63.3 Å². The number of aliphatic carboxylic acids is 1. The average Bonchev–Trinajstić information content (AvgIpc) is 1.80. The second-order valence-corrected chi connectivity index (χ2v) is 2.77. The van der Waals surface area contributed by atoms with Gasteiger partial charge in [-0.25, -0.2) is 0 Å². The maximum absolute atomic E-state index is 9.92. The van der Waals surface area contributed by atoms with Gasteiger partial charge in [0.25, 0.3) is 0 Å². The van der Waals surface area contributed by atoms with Crippen LogP contribution in [0.2, 0.25) is 0 Å². The second-order valence-electron chi connectivity index (χ2n) is 1.54. The number of carboxylic acids is 1. The summed E-state index contributed by atoms with van der Waals surface area (Å²) < 4.78 is 0. The van der Waals surface area contributed by atoms with E-state index in [1.54, 1.807) is 11.8 Å². The number of nitrogens with two attached hydrogens (primary N) is 1. The van der Waals surface area contributed by atoms with E-state index in [0.717, 1.165) is 5.75 Å². The van der Waals surface area contributed by atoms with Crippen molar-refractivity contribution in [1.82, 2.24) is 0 Å². The molecule has 5 heteroatoms. The molecular weight excluding hydrogens is 174 g/mol. The molecule has 0 amide bonds. The minimum Gasteiger partial charge on any atom is -0.481 e. The lowest BCUT2D eigenvalue weighted by Gasteiger charge is -1.93. The predicted octanol–water partition coefficient (Wildman–Crippen LogP) is 0.575. The summed E-state index contributed by atoms with van der Waals surface area (Å²) in [6, 6.07) is 0. The standard InChI is InChI=1S/C5H11NO2S.ClH/c6-2-4-9-3-1-5(7)8;/h1-4,6H2,(H,7,8);1H. The first-order chi connectivity index (χ1) is 4.27. The van der Waals surface area contributed by atoms with Crippen LogP contribution in [-0.4, -0.2) is 29.1 Å². The summed E-state index contributed by atoms with van der Waals surface area (Å²) in [5.41, 5.74) is 5.18. The van der Waals surface area contributed by atoms with Crippen LogP contribution in [0.1, 0.15) is 6.42 Å². The Kier molecular flexibility index (Phi) is 11.5. The number of carboxylic acid groups (broad SMARTS) is 1. The molecule has 10 heavy (non-hydrogen) atoms. The van der Waals surface area contributed by atoms with E-state index in [-0.39, 0.29) is 18.8 Å². The summed E-state index contributed by atoms with van der Waals surface area (Å²) >= 11 is 1.58. The van der Waals surface area contributed by atoms with Crippen LogP contribution in [0.5, 0.6) is 0 Å². The molecule has 0 aliphatic carbocycles. The van der Waals surface area contributed by atoms with Gasteiger partial charge in [-0.2, -0.15) is 11.8 Å². The van der Waals surface area contributed by atoms with Crippen molar-refractivity contribution in [3.63, 3.8) is 0 Å². The number of hydrogen-bond donors (Lipinski definition) is 2. The van der Waals surface area contributed by atoms with Gasteiger partial charge in [0.15, 0.2) is 0 Å². The van der Waals surface area contributed by atoms with Crippen molar-refractivity contribution in [2.75, 3.05) is 18.1 Å². The molecule has 0 aromatic carbocycles. The van der Waals surface area contributed by atoms with E-state index >= 15 is 0 Å². The van der Waals surface area contributed by atoms with Crippen LogP contribution in [0.3, 0.4) is 0 Å². The average molecular weight is 186 g/mol. The summed E-state index contributed by atoms with van der Waals surface area (Å²) in [5, 5.41) is 8.17. The first-order valence-corrected chi connectivity index (χ1v) is 3.92. The van der Waals surface area contributed by atoms with Gasteiger partial charge in [-0.3, -0.25) is 4.79 Å². The number of rotatable bonds is 5. The quantitative estimate of drug-likeness (QED) is 0.615. The Hall–Kier alpha value is 0.0700. The van der Waals surface area contributed by atoms with Crippen molar-refractivity contribution in [3.05, 3.63) is 0 Å². The molecule has 0 saturated heterocycles. The molecule has 0 spiro atoms. The van der Waals surface area contributed by atoms with Crippen molar-refractivity contribution in [2.45, 2.75) is 6.42 Å². The molecule has 0 unspecified atom stereocenters. The third kappa shape index (κ3) is 10.9. The molecule has 0 rings (SSSR count). The summed E-state index contributed by atoms with van der Waals surface area (Å²) in [4.78, 5) is 9.92. The van der Waals surface area contributed by atoms with Gasteiger partial charge in [0.2, 0.25) is 0 Å². The Balaban J connectivity index is 0. The Bertz CT molecular complexity index is 91.7. The SMILES string of the molecule is Cl.NCCSCCC(=O)O. The zero-order chi connectivity index (χ0) is 7.11. The van der Waals surface area contributed by atoms with Crippen LogP contribution < -0.4 is 5.73 Å². The maximum atomic E-state index is 9.92. The van der Waals surface area contributed by atoms with Gasteiger partial charge in [0.05, 0.1) is 6.42 Å². The second kappa shape index (κ2) is 9.07. The lowest BCUT2D eigenvalue weighted by Crippen LogP contribution is -2.03. The molecule has 0 aliphatic heterocycles. The first-order valence-electron chi connectivity index (χ1n) is 2.77. The summed E-state index contributed by atoms with van der Waals surface area (Å²) in [6.07, 6.45) is 0.241. The lowest BCUT2D eigenvalue weighted by molar-refractivity contribution is -0.136. The van der Waals surface area contributed by atoms with Crippen molar-refractivity contribution in [1.29, 1.82) is 0 Å². The molecule has 62 valence electrons. The number of hydrogen-bond acceptors (Lipinski definition) is 3. The van der Waals surface area contributed by atoms with Crippen LogP contribution in [0.25, 0.3) is 0 Å². The molecule has 0 bridgehead atoms. The molecule has 0 aromatic rings. The van der Waals surface area contributed by atoms with Gasteiger partial charge in [-0.1, -0.05) is 0 Å². The van der Waals surface area contributed by atoms with Gasteiger partial charge in [-0.05, 0) is 0 Å². The van der Waals surface area contributed by atoms with Crippen LogP contribution in [0.15, 0.2) is 0 Å². The molecule has 3 nitrogen and oxygen atoms in total. The monoisotopic (exact) mass is 185 g/mol. The van der Waals surface area contributed by atoms with Crippen molar-refractivity contribution < 1.29 is 9.90 Å². The van der Waals surface area contributed by atoms with E-state index in [2.05, 4.69) is 0 Å². The van der Waals surface area contributed by atoms with E-state index in [1.165, 1.54) is 0 Å². The highest BCUT2D eigenvalue weighted by molar-refractivity contribution is 7.99. The van der Waals surface area contributed by atoms with E-state index < -0.39 is 5.97 Å². The first kappa shape index (κ1) is 12.7. The molecule has 0 aliphatic rings. The fraction of sp³-hybridized carbons (Fsp3) is 0.800. The molecule has 0 radical (unpaired) electrons. The maximum Gasteiger partial charge on any atom is 0.304 e. The van der Waals surface area contributed by atoms with E-state index in [1.807, 2.05) is 0 Å². The summed E-state index contributed by atoms with van der Waals surface area (Å²) in [5.74, 6) is 0.791. The summed E-state index contributed by atoms with van der Waals surface area (Å²) in [7, 11) is 0. The third-order valence-electron chi connectivity index (χ3n) is 0.722. The fourth-order valence-corrected chi connectivity index (χ4v) is 1.03. The minimum absolute atomic E-state index is 0. The Morgan fingerprint density at radius 2 is 2.10 bits per heavy atom. The van der Waals surface area contributed by atoms with Crippen LogP contribution in [0, 0.1) is 0 Å². The van der Waals surface area contributed by atoms with Gasteiger partial charge in [0.1, 0.15) is 0 Å². The zero-order valence-corrected chi connectivity index (χ0v) is 7.21. The number of carbonyl (C=O) groups is 1. The predicted molar refractivity (Wildman–Crippen MR) is 45.9 cm³/mol. The Morgan fingerprint density at radius 3 is 2.50 bits per heavy atom. The highest BCUT2D eigenvalue weighted by atomic mass is 35.5. The van der Waals surface area contributed by atoms with Gasteiger partial charge >= 0.3 is 5.97 Å². The Labute approximate surface area is 70.8 Å². The molecule has 0 heterocycles. The van der Waals surface area contributed by atoms with Gasteiger partial charge in [0, 0.05) is 18.1 Å². The van der Waals surface area contributed by atoms with Gasteiger partial charge < -0.3 is 10.8 Å². The number of thioether (sulfide) groups is 1. The van der Waals surface area contributed by atoms with E-state index in [9.17, 15) is 4.79 Å². The number of halogens is 1. The minimum atomic E-state index is -0.737. The van der Waals surface area contributed by atoms with E-state index in [0.29, 0.717) is 12.3 Å². The molecule has 0 aromatic heterocycles. The van der Waals surface area contributed by atoms with Crippen molar-refractivity contribution >= 4 is 30.1 Å². The lowest BCUT2D eigenvalue weighted by atomic mass is 10.5. The summed E-state index contributed by atoms with van der Waals surface area (Å²) in [6.45, 7) is 0.629. The highest BCUT2D eigenvalue weighted by Crippen LogP contribution is 1.99. The Morgan fingerprint density at radius 1 is 1.50 bits per heavy atom. The molecule has 0 fully saturated rings. The molecule has 0 atom stereocenters. The molecule has 3 N–H and O–H groups in total. The third-order valence-corrected chi connectivity index (χ3v) is 1.74. The van der Waals surface area contributed by atoms with Crippen LogP contribution >= 0.6 is 24.2 Å². The smallest absolute Gasteiger partial charge is 0.304 e. The molecular formula is C5H12ClNO2S. The molecule has 0 saturated carbocycles. The van der Waals surface area contributed by atoms with Crippen molar-refractivity contribution in [3.8, 4) is 0 Å². The van der Waals surface area contributed by atoms with Gasteiger partial charge in [-0.15, -0.1) is 12.4 Å². The fourth-order valence-electron chi connectivity index (χ4n) is 0.345. The van der Waals surface area contributed by atoms with Crippen LogP contribution in [-0.2, 0) is 4.79 Å². The van der Waals surface area contributed by atoms with E-state index in [4.69, 9.17) is 10.8 Å². The van der Waals surface area contributed by atoms with Crippen molar-refractivity contribution in [2.24, 2.45) is 5.73 Å². The largest absolute Gasteiger partial charge is 0.481 e.